The van der Waals surface area contributed by atoms with E-state index in [0.29, 0.717) is 23.3 Å². The molecular weight excluding hydrogens is 473 g/mol. The van der Waals surface area contributed by atoms with Gasteiger partial charge >= 0.3 is 6.18 Å². The molecule has 0 aliphatic rings. The highest BCUT2D eigenvalue weighted by Gasteiger charge is 2.30. The predicted octanol–water partition coefficient (Wildman–Crippen LogP) is 4.92. The number of methoxy groups -OCH3 is 1. The van der Waals surface area contributed by atoms with Crippen molar-refractivity contribution in [3.05, 3.63) is 78.4 Å². The number of benzene rings is 3. The van der Waals surface area contributed by atoms with Gasteiger partial charge in [0.15, 0.2) is 6.10 Å². The summed E-state index contributed by atoms with van der Waals surface area (Å²) in [4.78, 5) is 12.2. The molecule has 3 rings (SSSR count). The number of ether oxygens (including phenoxy) is 2. The molecule has 3 aromatic rings. The summed E-state index contributed by atoms with van der Waals surface area (Å²) < 4.78 is 76.5. The Hall–Kier alpha value is -3.73. The Labute approximate surface area is 194 Å². The molecule has 1 amide bonds. The average molecular weight is 494 g/mol. The van der Waals surface area contributed by atoms with Crippen molar-refractivity contribution in [2.24, 2.45) is 0 Å². The number of carbonyl (C=O) groups excluding carboxylic acids is 1. The van der Waals surface area contributed by atoms with E-state index in [-0.39, 0.29) is 10.6 Å². The first-order chi connectivity index (χ1) is 16.0. The molecule has 180 valence electrons. The number of hydrogen-bond donors (Lipinski definition) is 2. The second-order valence-corrected chi connectivity index (χ2v) is 8.82. The Balaban J connectivity index is 1.65. The minimum Gasteiger partial charge on any atom is -0.497 e. The van der Waals surface area contributed by atoms with E-state index in [0.717, 1.165) is 12.1 Å². The minimum absolute atomic E-state index is 0.191. The first-order valence-electron chi connectivity index (χ1n) is 9.89. The summed E-state index contributed by atoms with van der Waals surface area (Å²) in [6.07, 6.45) is -5.47. The van der Waals surface area contributed by atoms with Crippen molar-refractivity contribution in [1.29, 1.82) is 0 Å². The van der Waals surface area contributed by atoms with Gasteiger partial charge in [-0.2, -0.15) is 13.2 Å². The average Bonchev–Trinajstić information content (AvgIpc) is 2.79. The maximum absolute atomic E-state index is 12.9. The van der Waals surface area contributed by atoms with E-state index >= 15 is 0 Å². The highest BCUT2D eigenvalue weighted by molar-refractivity contribution is 7.92. The van der Waals surface area contributed by atoms with Crippen molar-refractivity contribution < 1.29 is 35.9 Å². The lowest BCUT2D eigenvalue weighted by Gasteiger charge is -2.15. The predicted molar refractivity (Wildman–Crippen MR) is 120 cm³/mol. The number of amides is 1. The van der Waals surface area contributed by atoms with Gasteiger partial charge in [0, 0.05) is 17.4 Å². The van der Waals surface area contributed by atoms with Crippen molar-refractivity contribution in [2.45, 2.75) is 24.1 Å². The molecule has 2 N–H and O–H groups in total. The molecule has 0 saturated carbocycles. The van der Waals surface area contributed by atoms with Crippen LogP contribution >= 0.6 is 0 Å². The maximum atomic E-state index is 12.9. The number of hydrogen-bond acceptors (Lipinski definition) is 5. The second kappa shape index (κ2) is 10.0. The van der Waals surface area contributed by atoms with Crippen LogP contribution < -0.4 is 19.5 Å². The summed E-state index contributed by atoms with van der Waals surface area (Å²) in [5.41, 5.74) is -0.893. The lowest BCUT2D eigenvalue weighted by atomic mass is 10.2. The smallest absolute Gasteiger partial charge is 0.416 e. The van der Waals surface area contributed by atoms with Crippen LogP contribution in [0, 0.1) is 0 Å². The molecule has 0 saturated heterocycles. The quantitative estimate of drug-likeness (QED) is 0.464. The monoisotopic (exact) mass is 494 g/mol. The van der Waals surface area contributed by atoms with E-state index in [1.54, 1.807) is 31.2 Å². The minimum atomic E-state index is -4.60. The van der Waals surface area contributed by atoms with Crippen LogP contribution in [0.25, 0.3) is 0 Å². The Kier molecular flexibility index (Phi) is 7.35. The molecule has 0 radical (unpaired) electrons. The van der Waals surface area contributed by atoms with E-state index in [1.165, 1.54) is 37.4 Å². The Morgan fingerprint density at radius 2 is 1.56 bits per heavy atom. The highest BCUT2D eigenvalue weighted by atomic mass is 32.2. The van der Waals surface area contributed by atoms with Gasteiger partial charge in [-0.05, 0) is 61.5 Å². The van der Waals surface area contributed by atoms with Crippen LogP contribution in [0.5, 0.6) is 11.5 Å². The summed E-state index contributed by atoms with van der Waals surface area (Å²) in [6, 6.07) is 15.8. The molecule has 34 heavy (non-hydrogen) atoms. The number of halogens is 3. The molecule has 7 nitrogen and oxygen atoms in total. The lowest BCUT2D eigenvalue weighted by Crippen LogP contribution is -2.30. The normalized spacial score (nSPS) is 12.5. The number of alkyl halides is 3. The first-order valence-corrected chi connectivity index (χ1v) is 11.4. The summed E-state index contributed by atoms with van der Waals surface area (Å²) in [7, 11) is -2.64. The molecule has 0 fully saturated rings. The van der Waals surface area contributed by atoms with E-state index in [2.05, 4.69) is 10.0 Å². The zero-order valence-electron chi connectivity index (χ0n) is 18.1. The Morgan fingerprint density at radius 1 is 0.912 bits per heavy atom. The van der Waals surface area contributed by atoms with Gasteiger partial charge < -0.3 is 14.8 Å². The topological polar surface area (TPSA) is 93.7 Å². The van der Waals surface area contributed by atoms with Gasteiger partial charge in [-0.1, -0.05) is 12.1 Å². The fourth-order valence-corrected chi connectivity index (χ4v) is 3.92. The van der Waals surface area contributed by atoms with Gasteiger partial charge in [-0.15, -0.1) is 0 Å². The molecular formula is C23H21F3N2O5S. The summed E-state index contributed by atoms with van der Waals surface area (Å²) >= 11 is 0. The van der Waals surface area contributed by atoms with Crippen LogP contribution in [0.15, 0.2) is 77.7 Å². The Bertz CT molecular complexity index is 1260. The summed E-state index contributed by atoms with van der Waals surface area (Å²) in [6.45, 7) is 1.55. The van der Waals surface area contributed by atoms with Crippen LogP contribution in [0.1, 0.15) is 12.5 Å². The molecule has 0 unspecified atom stereocenters. The number of carbonyl (C=O) groups is 1. The number of nitrogens with one attached hydrogen (secondary N) is 2. The second-order valence-electron chi connectivity index (χ2n) is 7.14. The van der Waals surface area contributed by atoms with Gasteiger partial charge in [0.2, 0.25) is 0 Å². The van der Waals surface area contributed by atoms with Crippen LogP contribution in [0.2, 0.25) is 0 Å². The van der Waals surface area contributed by atoms with Gasteiger partial charge in [0.25, 0.3) is 15.9 Å². The molecule has 0 heterocycles. The molecule has 0 aliphatic carbocycles. The fourth-order valence-electron chi connectivity index (χ4n) is 2.87. The van der Waals surface area contributed by atoms with E-state index in [1.807, 2.05) is 0 Å². The Morgan fingerprint density at radius 3 is 2.21 bits per heavy atom. The number of rotatable bonds is 8. The number of sulfonamides is 1. The van der Waals surface area contributed by atoms with Crippen molar-refractivity contribution in [3.8, 4) is 11.5 Å². The fraction of sp³-hybridized carbons (Fsp3) is 0.174. The zero-order chi connectivity index (χ0) is 24.9. The van der Waals surface area contributed by atoms with Gasteiger partial charge in [0.1, 0.15) is 11.5 Å². The van der Waals surface area contributed by atoms with Gasteiger partial charge in [-0.25, -0.2) is 8.42 Å². The van der Waals surface area contributed by atoms with Crippen molar-refractivity contribution in [1.82, 2.24) is 0 Å². The molecule has 1 atom stereocenters. The molecule has 11 heteroatoms. The third kappa shape index (κ3) is 6.41. The van der Waals surface area contributed by atoms with E-state index in [4.69, 9.17) is 9.47 Å². The van der Waals surface area contributed by atoms with Crippen LogP contribution in [0.3, 0.4) is 0 Å². The zero-order valence-corrected chi connectivity index (χ0v) is 18.9. The highest BCUT2D eigenvalue weighted by Crippen LogP contribution is 2.31. The molecule has 0 spiro atoms. The maximum Gasteiger partial charge on any atom is 0.416 e. The molecule has 0 aromatic heterocycles. The first kappa shape index (κ1) is 24.9. The van der Waals surface area contributed by atoms with E-state index in [9.17, 15) is 26.4 Å². The van der Waals surface area contributed by atoms with Gasteiger partial charge in [0.05, 0.1) is 17.6 Å². The van der Waals surface area contributed by atoms with Crippen LogP contribution in [0.4, 0.5) is 24.5 Å². The van der Waals surface area contributed by atoms with Gasteiger partial charge in [-0.3, -0.25) is 9.52 Å². The van der Waals surface area contributed by atoms with Crippen molar-refractivity contribution >= 4 is 27.3 Å². The molecule has 0 bridgehead atoms. The lowest BCUT2D eigenvalue weighted by molar-refractivity contribution is -0.137. The molecule has 0 aliphatic heterocycles. The SMILES string of the molecule is COc1cccc(O[C@H](C)C(=O)Nc2ccc(S(=O)(=O)Nc3cccc(C(F)(F)F)c3)cc2)c1. The van der Waals surface area contributed by atoms with Crippen LogP contribution in [-0.4, -0.2) is 27.5 Å². The largest absolute Gasteiger partial charge is 0.497 e. The van der Waals surface area contributed by atoms with Crippen molar-refractivity contribution in [3.63, 3.8) is 0 Å². The third-order valence-corrected chi connectivity index (χ3v) is 5.99. The van der Waals surface area contributed by atoms with Crippen molar-refractivity contribution in [2.75, 3.05) is 17.1 Å². The number of anilines is 2. The standard InChI is InChI=1S/C23H21F3N2O5S/c1-15(33-20-8-4-7-19(14-20)32-2)22(29)27-17-9-11-21(12-10-17)34(30,31)28-18-6-3-5-16(13-18)23(24,25)26/h3-15,28H,1-2H3,(H,27,29)/t15-/m1/s1. The van der Waals surface area contributed by atoms with Crippen LogP contribution in [-0.2, 0) is 21.0 Å². The molecule has 3 aromatic carbocycles. The summed E-state index contributed by atoms with van der Waals surface area (Å²) in [5, 5.41) is 2.61. The third-order valence-electron chi connectivity index (χ3n) is 4.60. The van der Waals surface area contributed by atoms with E-state index < -0.39 is 33.8 Å². The summed E-state index contributed by atoms with van der Waals surface area (Å²) in [5.74, 6) is 0.533.